The zero-order valence-corrected chi connectivity index (χ0v) is 26.0. The van der Waals surface area contributed by atoms with Crippen molar-refractivity contribution >= 4 is 33.2 Å². The number of anilines is 2. The van der Waals surface area contributed by atoms with E-state index in [9.17, 15) is 0 Å². The van der Waals surface area contributed by atoms with Crippen molar-refractivity contribution in [1.29, 1.82) is 0 Å². The van der Waals surface area contributed by atoms with Gasteiger partial charge >= 0.3 is 0 Å². The molecule has 2 aromatic heterocycles. The second-order valence-electron chi connectivity index (χ2n) is 11.1. The Morgan fingerprint density at radius 1 is 0.558 bits per heavy atom. The fraction of sp³-hybridized carbons (Fsp3) is 0.486. The van der Waals surface area contributed by atoms with Crippen LogP contribution in [-0.4, -0.2) is 49.5 Å². The smallest absolute Gasteiger partial charge is 0.163 e. The molecule has 0 radical (unpaired) electrons. The molecule has 0 fully saturated rings. The first-order chi connectivity index (χ1) is 21.1. The first-order valence-corrected chi connectivity index (χ1v) is 16.1. The SMILES string of the molecule is CCOc1cc2nc3c(c(NCCCNc4c5c(nc6cc(OCC)c(OCC)cc46)CCC5)c2cc1OCC)CCC3. The topological polar surface area (TPSA) is 86.8 Å². The van der Waals surface area contributed by atoms with Crippen LogP contribution in [0, 0.1) is 0 Å². The first-order valence-electron chi connectivity index (χ1n) is 16.1. The number of ether oxygens (including phenoxy) is 4. The van der Waals surface area contributed by atoms with Gasteiger partial charge in [0, 0.05) is 58.8 Å². The second-order valence-corrected chi connectivity index (χ2v) is 11.1. The average Bonchev–Trinajstić information content (AvgIpc) is 3.67. The lowest BCUT2D eigenvalue weighted by molar-refractivity contribution is 0.288. The Bertz CT molecular complexity index is 1500. The van der Waals surface area contributed by atoms with E-state index in [1.807, 2.05) is 39.8 Å². The molecule has 0 spiro atoms. The predicted molar refractivity (Wildman–Crippen MR) is 174 cm³/mol. The molecule has 2 aliphatic carbocycles. The molecule has 0 unspecified atom stereocenters. The van der Waals surface area contributed by atoms with Gasteiger partial charge in [-0.2, -0.15) is 0 Å². The number of hydrogen-bond donors (Lipinski definition) is 2. The zero-order chi connectivity index (χ0) is 29.8. The molecule has 2 aromatic carbocycles. The summed E-state index contributed by atoms with van der Waals surface area (Å²) in [5.74, 6) is 3.07. The highest BCUT2D eigenvalue weighted by Gasteiger charge is 2.23. The summed E-state index contributed by atoms with van der Waals surface area (Å²) in [6, 6.07) is 8.29. The lowest BCUT2D eigenvalue weighted by Gasteiger charge is -2.19. The molecule has 2 heterocycles. The normalized spacial score (nSPS) is 13.7. The summed E-state index contributed by atoms with van der Waals surface area (Å²) in [5.41, 5.74) is 9.41. The minimum atomic E-state index is 0.588. The lowest BCUT2D eigenvalue weighted by Crippen LogP contribution is -2.12. The molecular formula is C35H44N4O4. The standard InChI is InChI=1S/C35H44N4O4/c1-5-40-30-18-24-28(20-32(30)42-7-3)38-26-14-9-12-22(26)34(24)36-16-11-17-37-35-23-13-10-15-27(23)39-29-21-33(43-8-4)31(41-6-2)19-25(29)35/h18-21H,5-17H2,1-4H3,(H,36,38)(H,37,39). The third kappa shape index (κ3) is 5.84. The lowest BCUT2D eigenvalue weighted by atomic mass is 10.1. The Kier molecular flexibility index (Phi) is 8.91. The fourth-order valence-corrected chi connectivity index (χ4v) is 6.53. The molecule has 2 aliphatic rings. The third-order valence-corrected chi connectivity index (χ3v) is 8.31. The molecule has 8 nitrogen and oxygen atoms in total. The molecule has 0 saturated carbocycles. The van der Waals surface area contributed by atoms with Crippen LogP contribution in [0.1, 0.15) is 69.5 Å². The molecule has 2 N–H and O–H groups in total. The largest absolute Gasteiger partial charge is 0.490 e. The van der Waals surface area contributed by atoms with Gasteiger partial charge < -0.3 is 29.6 Å². The van der Waals surface area contributed by atoms with Crippen molar-refractivity contribution in [2.24, 2.45) is 0 Å². The van der Waals surface area contributed by atoms with E-state index >= 15 is 0 Å². The third-order valence-electron chi connectivity index (χ3n) is 8.31. The van der Waals surface area contributed by atoms with Gasteiger partial charge in [-0.3, -0.25) is 9.97 Å². The van der Waals surface area contributed by atoms with Crippen LogP contribution >= 0.6 is 0 Å². The molecule has 6 rings (SSSR count). The Balaban J connectivity index is 1.23. The molecule has 0 aliphatic heterocycles. The average molecular weight is 585 g/mol. The van der Waals surface area contributed by atoms with Crippen molar-refractivity contribution in [3.63, 3.8) is 0 Å². The quantitative estimate of drug-likeness (QED) is 0.150. The number of pyridine rings is 2. The van der Waals surface area contributed by atoms with Crippen LogP contribution in [0.25, 0.3) is 21.8 Å². The van der Waals surface area contributed by atoms with Crippen LogP contribution < -0.4 is 29.6 Å². The van der Waals surface area contributed by atoms with E-state index in [2.05, 4.69) is 22.8 Å². The van der Waals surface area contributed by atoms with Gasteiger partial charge in [0.15, 0.2) is 23.0 Å². The summed E-state index contributed by atoms with van der Waals surface area (Å²) < 4.78 is 23.7. The highest BCUT2D eigenvalue weighted by molar-refractivity contribution is 5.97. The van der Waals surface area contributed by atoms with E-state index in [1.54, 1.807) is 0 Å². The monoisotopic (exact) mass is 584 g/mol. The van der Waals surface area contributed by atoms with Crippen LogP contribution in [0.2, 0.25) is 0 Å². The molecule has 43 heavy (non-hydrogen) atoms. The summed E-state index contributed by atoms with van der Waals surface area (Å²) in [7, 11) is 0. The van der Waals surface area contributed by atoms with Crippen molar-refractivity contribution in [1.82, 2.24) is 9.97 Å². The van der Waals surface area contributed by atoms with Crippen LogP contribution in [-0.2, 0) is 25.7 Å². The minimum absolute atomic E-state index is 0.588. The Morgan fingerprint density at radius 2 is 0.953 bits per heavy atom. The number of nitrogens with one attached hydrogen (secondary N) is 2. The Labute approximate surface area is 254 Å². The van der Waals surface area contributed by atoms with Crippen molar-refractivity contribution < 1.29 is 18.9 Å². The van der Waals surface area contributed by atoms with Crippen molar-refractivity contribution in [2.45, 2.75) is 72.6 Å². The van der Waals surface area contributed by atoms with Gasteiger partial charge in [-0.05, 0) is 95.9 Å². The van der Waals surface area contributed by atoms with Gasteiger partial charge in [-0.25, -0.2) is 0 Å². The number of benzene rings is 2. The van der Waals surface area contributed by atoms with Crippen LogP contribution in [0.4, 0.5) is 11.4 Å². The van der Waals surface area contributed by atoms with Gasteiger partial charge in [0.2, 0.25) is 0 Å². The van der Waals surface area contributed by atoms with Crippen LogP contribution in [0.5, 0.6) is 23.0 Å². The summed E-state index contributed by atoms with van der Waals surface area (Å²) in [4.78, 5) is 10.1. The molecule has 0 amide bonds. The number of fused-ring (bicyclic) bond motifs is 4. The summed E-state index contributed by atoms with van der Waals surface area (Å²) >= 11 is 0. The molecule has 4 aromatic rings. The van der Waals surface area contributed by atoms with Gasteiger partial charge in [0.1, 0.15) is 0 Å². The van der Waals surface area contributed by atoms with Crippen molar-refractivity contribution in [3.05, 3.63) is 46.8 Å². The molecule has 0 saturated heterocycles. The summed E-state index contributed by atoms with van der Waals surface area (Å²) in [6.07, 6.45) is 7.39. The maximum absolute atomic E-state index is 5.97. The van der Waals surface area contributed by atoms with E-state index < -0.39 is 0 Å². The number of rotatable bonds is 14. The van der Waals surface area contributed by atoms with Gasteiger partial charge in [-0.1, -0.05) is 0 Å². The molecule has 228 valence electrons. The molecule has 8 heteroatoms. The highest BCUT2D eigenvalue weighted by Crippen LogP contribution is 2.41. The number of aromatic nitrogens is 2. The summed E-state index contributed by atoms with van der Waals surface area (Å²) in [6.45, 7) is 12.0. The van der Waals surface area contributed by atoms with Crippen molar-refractivity contribution in [3.8, 4) is 23.0 Å². The number of hydrogen-bond acceptors (Lipinski definition) is 8. The van der Waals surface area contributed by atoms with Gasteiger partial charge in [0.25, 0.3) is 0 Å². The maximum Gasteiger partial charge on any atom is 0.163 e. The molecule has 0 bridgehead atoms. The minimum Gasteiger partial charge on any atom is -0.490 e. The molecule has 0 atom stereocenters. The Hall–Kier alpha value is -3.94. The van der Waals surface area contributed by atoms with Crippen LogP contribution in [0.15, 0.2) is 24.3 Å². The van der Waals surface area contributed by atoms with E-state index in [-0.39, 0.29) is 0 Å². The van der Waals surface area contributed by atoms with Gasteiger partial charge in [-0.15, -0.1) is 0 Å². The zero-order valence-electron chi connectivity index (χ0n) is 26.0. The van der Waals surface area contributed by atoms with E-state index in [1.165, 1.54) is 33.9 Å². The van der Waals surface area contributed by atoms with Crippen molar-refractivity contribution in [2.75, 3.05) is 50.2 Å². The first kappa shape index (κ1) is 29.1. The highest BCUT2D eigenvalue weighted by atomic mass is 16.5. The maximum atomic E-state index is 5.97. The predicted octanol–water partition coefficient (Wildman–Crippen LogP) is 7.27. The van der Waals surface area contributed by atoms with E-state index in [4.69, 9.17) is 28.9 Å². The molecular weight excluding hydrogens is 540 g/mol. The fourth-order valence-electron chi connectivity index (χ4n) is 6.53. The van der Waals surface area contributed by atoms with Gasteiger partial charge in [0.05, 0.1) is 37.5 Å². The number of aryl methyl sites for hydroxylation is 2. The van der Waals surface area contributed by atoms with E-state index in [0.717, 1.165) is 103 Å². The van der Waals surface area contributed by atoms with Crippen LogP contribution in [0.3, 0.4) is 0 Å². The number of nitrogens with zero attached hydrogens (tertiary/aromatic N) is 2. The van der Waals surface area contributed by atoms with E-state index in [0.29, 0.717) is 26.4 Å². The second kappa shape index (κ2) is 13.1. The Morgan fingerprint density at radius 3 is 1.35 bits per heavy atom. The summed E-state index contributed by atoms with van der Waals surface area (Å²) in [5, 5.41) is 9.82.